The van der Waals surface area contributed by atoms with Gasteiger partial charge in [-0.3, -0.25) is 0 Å². The number of rotatable bonds is 6. The second-order valence-corrected chi connectivity index (χ2v) is 7.60. The van der Waals surface area contributed by atoms with Crippen LogP contribution in [0.5, 0.6) is 0 Å². The topological polar surface area (TPSA) is 79.3 Å². The molecule has 0 amide bonds. The number of esters is 2. The summed E-state index contributed by atoms with van der Waals surface area (Å²) in [6.07, 6.45) is 6.94. The lowest BCUT2D eigenvalue weighted by Crippen LogP contribution is -2.41. The molecular weight excluding hydrogens is 384 g/mol. The number of hydrogen-bond acceptors (Lipinski definition) is 7. The number of aliphatic hydroxyl groups is 1. The fourth-order valence-electron chi connectivity index (χ4n) is 3.57. The highest BCUT2D eigenvalue weighted by Gasteiger charge is 2.39. The van der Waals surface area contributed by atoms with E-state index in [-0.39, 0.29) is 11.3 Å². The molecule has 0 atom stereocenters. The van der Waals surface area contributed by atoms with Crippen molar-refractivity contribution in [2.24, 2.45) is 0 Å². The number of allylic oxidation sites excluding steroid dienone is 3. The van der Waals surface area contributed by atoms with Crippen LogP contribution in [-0.2, 0) is 25.5 Å². The normalized spacial score (nSPS) is 18.3. The van der Waals surface area contributed by atoms with Gasteiger partial charge in [-0.15, -0.1) is 0 Å². The molecule has 30 heavy (non-hydrogen) atoms. The summed E-state index contributed by atoms with van der Waals surface area (Å²) in [6.45, 7) is 10.0. The van der Waals surface area contributed by atoms with Crippen LogP contribution < -0.4 is 9.80 Å². The van der Waals surface area contributed by atoms with Gasteiger partial charge in [0.15, 0.2) is 0 Å². The smallest absolute Gasteiger partial charge is 0.348 e. The summed E-state index contributed by atoms with van der Waals surface area (Å²) in [5.41, 5.74) is 3.31. The summed E-state index contributed by atoms with van der Waals surface area (Å²) in [4.78, 5) is 28.3. The molecular formula is C23H28N2O5. The number of hydrogen-bond donors (Lipinski definition) is 1. The first kappa shape index (κ1) is 21.5. The van der Waals surface area contributed by atoms with Crippen molar-refractivity contribution in [3.63, 3.8) is 0 Å². The van der Waals surface area contributed by atoms with Gasteiger partial charge < -0.3 is 24.4 Å². The van der Waals surface area contributed by atoms with Gasteiger partial charge in [-0.25, -0.2) is 9.59 Å². The predicted molar refractivity (Wildman–Crippen MR) is 115 cm³/mol. The summed E-state index contributed by atoms with van der Waals surface area (Å²) >= 11 is 0. The Hall–Kier alpha value is -3.22. The van der Waals surface area contributed by atoms with Crippen molar-refractivity contribution in [2.75, 3.05) is 29.4 Å². The van der Waals surface area contributed by atoms with Gasteiger partial charge in [0.2, 0.25) is 0 Å². The summed E-state index contributed by atoms with van der Waals surface area (Å²) in [6, 6.07) is 6.47. The highest BCUT2D eigenvalue weighted by Crippen LogP contribution is 2.32. The third-order valence-corrected chi connectivity index (χ3v) is 5.07. The van der Waals surface area contributed by atoms with E-state index in [0.717, 1.165) is 37.8 Å². The zero-order valence-corrected chi connectivity index (χ0v) is 17.8. The average molecular weight is 412 g/mol. The highest BCUT2D eigenvalue weighted by atomic mass is 16.7. The Morgan fingerprint density at radius 3 is 2.50 bits per heavy atom. The molecule has 0 aromatic heterocycles. The molecule has 2 heterocycles. The molecule has 1 aromatic carbocycles. The zero-order valence-electron chi connectivity index (χ0n) is 17.8. The summed E-state index contributed by atoms with van der Waals surface area (Å²) in [5.74, 6) is -3.19. The van der Waals surface area contributed by atoms with Gasteiger partial charge in [0.1, 0.15) is 11.3 Å². The molecule has 7 heteroatoms. The predicted octanol–water partition coefficient (Wildman–Crippen LogP) is 3.61. The van der Waals surface area contributed by atoms with Crippen LogP contribution in [0.4, 0.5) is 11.4 Å². The number of carbonyl (C=O) groups excluding carboxylic acids is 2. The van der Waals surface area contributed by atoms with Crippen molar-refractivity contribution in [3.8, 4) is 0 Å². The van der Waals surface area contributed by atoms with Gasteiger partial charge in [-0.1, -0.05) is 0 Å². The Morgan fingerprint density at radius 2 is 1.87 bits per heavy atom. The van der Waals surface area contributed by atoms with Crippen LogP contribution in [-0.4, -0.2) is 42.5 Å². The van der Waals surface area contributed by atoms with E-state index < -0.39 is 17.7 Å². The van der Waals surface area contributed by atoms with Gasteiger partial charge in [-0.05, 0) is 56.2 Å². The maximum atomic E-state index is 11.9. The molecule has 0 radical (unpaired) electrons. The third-order valence-electron chi connectivity index (χ3n) is 5.07. The SMILES string of the molecule is CCN(CC)c1ccc2c(c1)CCN2/C=C/C=C(\O)C=C1C(=O)OC(C)(C)OC1=O. The van der Waals surface area contributed by atoms with Gasteiger partial charge in [0, 0.05) is 57.1 Å². The molecule has 1 aromatic rings. The second-order valence-electron chi connectivity index (χ2n) is 7.60. The maximum Gasteiger partial charge on any atom is 0.348 e. The Kier molecular flexibility index (Phi) is 6.20. The molecule has 2 aliphatic heterocycles. The monoisotopic (exact) mass is 412 g/mol. The van der Waals surface area contributed by atoms with Crippen molar-refractivity contribution in [1.29, 1.82) is 0 Å². The molecule has 1 saturated heterocycles. The molecule has 0 unspecified atom stereocenters. The molecule has 2 aliphatic rings. The van der Waals surface area contributed by atoms with Crippen LogP contribution in [0.25, 0.3) is 0 Å². The second kappa shape index (κ2) is 8.65. The van der Waals surface area contributed by atoms with Gasteiger partial charge in [-0.2, -0.15) is 0 Å². The fourth-order valence-corrected chi connectivity index (χ4v) is 3.57. The van der Waals surface area contributed by atoms with Crippen molar-refractivity contribution < 1.29 is 24.2 Å². The van der Waals surface area contributed by atoms with Crippen LogP contribution in [0, 0.1) is 0 Å². The van der Waals surface area contributed by atoms with E-state index in [1.54, 1.807) is 6.08 Å². The van der Waals surface area contributed by atoms with E-state index in [2.05, 4.69) is 41.8 Å². The highest BCUT2D eigenvalue weighted by molar-refractivity contribution is 6.15. The Morgan fingerprint density at radius 1 is 1.20 bits per heavy atom. The van der Waals surface area contributed by atoms with Crippen LogP contribution in [0.3, 0.4) is 0 Å². The van der Waals surface area contributed by atoms with Crippen molar-refractivity contribution in [2.45, 2.75) is 39.9 Å². The standard InChI is InChI=1S/C23H28N2O5/c1-5-24(6-2)17-9-10-20-16(14-17)11-13-25(20)12-7-8-18(26)15-19-21(27)29-23(3,4)30-22(19)28/h7-10,12,14-15,26H,5-6,11,13H2,1-4H3/b12-7+,18-8-. The van der Waals surface area contributed by atoms with Gasteiger partial charge >= 0.3 is 11.9 Å². The molecule has 0 spiro atoms. The van der Waals surface area contributed by atoms with Crippen LogP contribution in [0.15, 0.2) is 54.0 Å². The molecule has 0 aliphatic carbocycles. The lowest BCUT2D eigenvalue weighted by atomic mass is 10.1. The minimum Gasteiger partial charge on any atom is -0.508 e. The largest absolute Gasteiger partial charge is 0.508 e. The number of nitrogens with zero attached hydrogens (tertiary/aromatic N) is 2. The fraction of sp³-hybridized carbons (Fsp3) is 0.391. The molecule has 0 saturated carbocycles. The number of anilines is 2. The Labute approximate surface area is 176 Å². The van der Waals surface area contributed by atoms with Gasteiger partial charge in [0.25, 0.3) is 5.79 Å². The Balaban J connectivity index is 1.70. The number of benzene rings is 1. The molecule has 1 fully saturated rings. The van der Waals surface area contributed by atoms with E-state index in [1.807, 2.05) is 6.20 Å². The van der Waals surface area contributed by atoms with E-state index in [9.17, 15) is 14.7 Å². The van der Waals surface area contributed by atoms with E-state index in [4.69, 9.17) is 9.47 Å². The minimum absolute atomic E-state index is 0.244. The first-order valence-corrected chi connectivity index (χ1v) is 10.1. The van der Waals surface area contributed by atoms with Crippen molar-refractivity contribution in [1.82, 2.24) is 0 Å². The molecule has 3 rings (SSSR count). The molecule has 7 nitrogen and oxygen atoms in total. The van der Waals surface area contributed by atoms with Crippen LogP contribution in [0.2, 0.25) is 0 Å². The van der Waals surface area contributed by atoms with Crippen molar-refractivity contribution in [3.05, 3.63) is 59.5 Å². The van der Waals surface area contributed by atoms with Crippen LogP contribution in [0.1, 0.15) is 33.3 Å². The third kappa shape index (κ3) is 4.67. The zero-order chi connectivity index (χ0) is 21.9. The average Bonchev–Trinajstić information content (AvgIpc) is 3.07. The van der Waals surface area contributed by atoms with Crippen molar-refractivity contribution >= 4 is 23.3 Å². The summed E-state index contributed by atoms with van der Waals surface area (Å²) in [5, 5.41) is 10.1. The van der Waals surface area contributed by atoms with E-state index in [0.29, 0.717) is 0 Å². The lowest BCUT2D eigenvalue weighted by Gasteiger charge is -2.29. The first-order chi connectivity index (χ1) is 14.2. The first-order valence-electron chi connectivity index (χ1n) is 10.1. The maximum absolute atomic E-state index is 11.9. The minimum atomic E-state index is -1.31. The molecule has 1 N–H and O–H groups in total. The quantitative estimate of drug-likeness (QED) is 0.251. The van der Waals surface area contributed by atoms with Gasteiger partial charge in [0.05, 0.1) is 0 Å². The number of aliphatic hydroxyl groups excluding tert-OH is 1. The Bertz CT molecular complexity index is 904. The molecule has 0 bridgehead atoms. The number of fused-ring (bicyclic) bond motifs is 1. The summed E-state index contributed by atoms with van der Waals surface area (Å²) in [7, 11) is 0. The number of ether oxygens (including phenoxy) is 2. The van der Waals surface area contributed by atoms with E-state index >= 15 is 0 Å². The van der Waals surface area contributed by atoms with E-state index in [1.165, 1.54) is 31.2 Å². The summed E-state index contributed by atoms with van der Waals surface area (Å²) < 4.78 is 10.0. The lowest BCUT2D eigenvalue weighted by molar-refractivity contribution is -0.222. The molecule has 160 valence electrons. The van der Waals surface area contributed by atoms with Crippen LogP contribution >= 0.6 is 0 Å². The number of cyclic esters (lactones) is 2. The number of carbonyl (C=O) groups is 2.